The van der Waals surface area contributed by atoms with Crippen LogP contribution in [0.1, 0.15) is 29.3 Å². The minimum atomic E-state index is -0.552. The van der Waals surface area contributed by atoms with Crippen LogP contribution in [0.4, 0.5) is 5.69 Å². The number of rotatable bonds is 7. The summed E-state index contributed by atoms with van der Waals surface area (Å²) in [4.78, 5) is 23.4. The summed E-state index contributed by atoms with van der Waals surface area (Å²) in [5.41, 5.74) is 6.56. The number of para-hydroxylation sites is 1. The summed E-state index contributed by atoms with van der Waals surface area (Å²) in [7, 11) is 0. The van der Waals surface area contributed by atoms with Gasteiger partial charge in [-0.25, -0.2) is 0 Å². The summed E-state index contributed by atoms with van der Waals surface area (Å²) < 4.78 is 5.64. The van der Waals surface area contributed by atoms with Gasteiger partial charge in [0.2, 0.25) is 5.91 Å². The van der Waals surface area contributed by atoms with E-state index in [1.807, 2.05) is 19.1 Å². The quantitative estimate of drug-likeness (QED) is 0.592. The van der Waals surface area contributed by atoms with Crippen LogP contribution < -0.4 is 15.8 Å². The zero-order valence-corrected chi connectivity index (χ0v) is 14.4. The van der Waals surface area contributed by atoms with Gasteiger partial charge >= 0.3 is 0 Å². The first kappa shape index (κ1) is 18.7. The van der Waals surface area contributed by atoms with E-state index in [0.29, 0.717) is 29.2 Å². The molecule has 2 aromatic rings. The molecule has 26 heavy (non-hydrogen) atoms. The molecule has 2 aromatic carbocycles. The zero-order valence-electron chi connectivity index (χ0n) is 14.4. The number of nitrogens with two attached hydrogens (primary N) is 1. The summed E-state index contributed by atoms with van der Waals surface area (Å²) in [5, 5.41) is 12.0. The molecule has 132 valence electrons. The van der Waals surface area contributed by atoms with Crippen LogP contribution in [0.3, 0.4) is 0 Å². The highest BCUT2D eigenvalue weighted by Gasteiger charge is 2.11. The van der Waals surface area contributed by atoms with Crippen molar-refractivity contribution in [3.05, 3.63) is 65.2 Å². The normalized spacial score (nSPS) is 10.7. The van der Waals surface area contributed by atoms with Crippen molar-refractivity contribution in [1.82, 2.24) is 0 Å². The maximum absolute atomic E-state index is 12.4. The third-order valence-electron chi connectivity index (χ3n) is 3.47. The van der Waals surface area contributed by atoms with Crippen molar-refractivity contribution in [2.45, 2.75) is 13.3 Å². The SMILES string of the molecule is CCCOc1ccccc1/C=C(\C#N)C(=O)Nc1ccc(C(N)=O)cc1. The van der Waals surface area contributed by atoms with E-state index in [9.17, 15) is 14.9 Å². The van der Waals surface area contributed by atoms with E-state index in [0.717, 1.165) is 6.42 Å². The molecule has 0 bridgehead atoms. The molecule has 0 aliphatic carbocycles. The number of hydrogen-bond donors (Lipinski definition) is 2. The number of nitrogens with one attached hydrogen (secondary N) is 1. The lowest BCUT2D eigenvalue weighted by Gasteiger charge is -2.09. The van der Waals surface area contributed by atoms with Crippen molar-refractivity contribution in [3.63, 3.8) is 0 Å². The molecule has 6 heteroatoms. The molecule has 0 saturated carbocycles. The number of anilines is 1. The van der Waals surface area contributed by atoms with Gasteiger partial charge in [0.1, 0.15) is 17.4 Å². The third kappa shape index (κ3) is 4.95. The number of nitrogens with zero attached hydrogens (tertiary/aromatic N) is 1. The van der Waals surface area contributed by atoms with Gasteiger partial charge in [-0.2, -0.15) is 5.26 Å². The van der Waals surface area contributed by atoms with Crippen LogP contribution in [0.15, 0.2) is 54.1 Å². The molecule has 3 N–H and O–H groups in total. The Kier molecular flexibility index (Phi) is 6.52. The molecule has 0 aliphatic rings. The Labute approximate surface area is 151 Å². The number of carbonyl (C=O) groups is 2. The van der Waals surface area contributed by atoms with E-state index in [2.05, 4.69) is 5.32 Å². The Morgan fingerprint density at radius 3 is 2.50 bits per heavy atom. The standard InChI is InChI=1S/C20H19N3O3/c1-2-11-26-18-6-4-3-5-15(18)12-16(13-21)20(25)23-17-9-7-14(8-10-17)19(22)24/h3-10,12H,2,11H2,1H3,(H2,22,24)(H,23,25)/b16-12+. The van der Waals surface area contributed by atoms with Crippen LogP contribution in [0, 0.1) is 11.3 Å². The third-order valence-corrected chi connectivity index (χ3v) is 3.47. The number of carbonyl (C=O) groups excluding carboxylic acids is 2. The molecule has 2 rings (SSSR count). The number of ether oxygens (including phenoxy) is 1. The number of hydrogen-bond acceptors (Lipinski definition) is 4. The first-order valence-electron chi connectivity index (χ1n) is 8.10. The van der Waals surface area contributed by atoms with Crippen LogP contribution in [0.25, 0.3) is 6.08 Å². The molecule has 0 aliphatic heterocycles. The van der Waals surface area contributed by atoms with E-state index in [1.165, 1.54) is 18.2 Å². The second-order valence-corrected chi connectivity index (χ2v) is 5.45. The van der Waals surface area contributed by atoms with Gasteiger partial charge in [0.25, 0.3) is 5.91 Å². The van der Waals surface area contributed by atoms with Crippen molar-refractivity contribution in [1.29, 1.82) is 5.26 Å². The molecule has 0 aromatic heterocycles. The lowest BCUT2D eigenvalue weighted by molar-refractivity contribution is -0.112. The predicted octanol–water partition coefficient (Wildman–Crippen LogP) is 3.12. The molecule has 0 unspecified atom stereocenters. The molecular formula is C20H19N3O3. The maximum Gasteiger partial charge on any atom is 0.266 e. The summed E-state index contributed by atoms with van der Waals surface area (Å²) in [6.07, 6.45) is 2.34. The fourth-order valence-electron chi connectivity index (χ4n) is 2.16. The smallest absolute Gasteiger partial charge is 0.266 e. The van der Waals surface area contributed by atoms with E-state index < -0.39 is 11.8 Å². The summed E-state index contributed by atoms with van der Waals surface area (Å²) >= 11 is 0. The topological polar surface area (TPSA) is 105 Å². The van der Waals surface area contributed by atoms with Gasteiger partial charge in [0.15, 0.2) is 0 Å². The molecule has 0 spiro atoms. The van der Waals surface area contributed by atoms with E-state index in [4.69, 9.17) is 10.5 Å². The fraction of sp³-hybridized carbons (Fsp3) is 0.150. The molecular weight excluding hydrogens is 330 g/mol. The van der Waals surface area contributed by atoms with Crippen molar-refractivity contribution >= 4 is 23.6 Å². The van der Waals surface area contributed by atoms with Crippen molar-refractivity contribution < 1.29 is 14.3 Å². The Balaban J connectivity index is 2.19. The van der Waals surface area contributed by atoms with Crippen LogP contribution in [-0.2, 0) is 4.79 Å². The minimum absolute atomic E-state index is 0.0588. The molecule has 0 heterocycles. The Hall–Kier alpha value is -3.59. The van der Waals surface area contributed by atoms with Crippen LogP contribution >= 0.6 is 0 Å². The molecule has 0 saturated heterocycles. The Morgan fingerprint density at radius 1 is 1.19 bits per heavy atom. The first-order valence-corrected chi connectivity index (χ1v) is 8.10. The molecule has 0 radical (unpaired) electrons. The maximum atomic E-state index is 12.4. The van der Waals surface area contributed by atoms with Crippen molar-refractivity contribution in [2.24, 2.45) is 5.73 Å². The molecule has 0 atom stereocenters. The highest BCUT2D eigenvalue weighted by Crippen LogP contribution is 2.21. The largest absolute Gasteiger partial charge is 0.493 e. The minimum Gasteiger partial charge on any atom is -0.493 e. The second-order valence-electron chi connectivity index (χ2n) is 5.45. The Bertz CT molecular complexity index is 865. The van der Waals surface area contributed by atoms with Crippen molar-refractivity contribution in [3.8, 4) is 11.8 Å². The van der Waals surface area contributed by atoms with E-state index in [-0.39, 0.29) is 5.57 Å². The zero-order chi connectivity index (χ0) is 18.9. The highest BCUT2D eigenvalue weighted by molar-refractivity contribution is 6.10. The number of primary amides is 1. The average Bonchev–Trinajstić information content (AvgIpc) is 2.65. The monoisotopic (exact) mass is 349 g/mol. The average molecular weight is 349 g/mol. The fourth-order valence-corrected chi connectivity index (χ4v) is 2.16. The lowest BCUT2D eigenvalue weighted by atomic mass is 10.1. The Morgan fingerprint density at radius 2 is 1.88 bits per heavy atom. The predicted molar refractivity (Wildman–Crippen MR) is 99.4 cm³/mol. The number of amides is 2. The second kappa shape index (κ2) is 9.04. The lowest BCUT2D eigenvalue weighted by Crippen LogP contribution is -2.14. The van der Waals surface area contributed by atoms with Gasteiger partial charge in [-0.15, -0.1) is 0 Å². The van der Waals surface area contributed by atoms with Crippen LogP contribution in [-0.4, -0.2) is 18.4 Å². The number of benzene rings is 2. The van der Waals surface area contributed by atoms with Gasteiger partial charge < -0.3 is 15.8 Å². The summed E-state index contributed by atoms with van der Waals surface area (Å²) in [6, 6.07) is 15.2. The van der Waals surface area contributed by atoms with Gasteiger partial charge in [0, 0.05) is 16.8 Å². The van der Waals surface area contributed by atoms with E-state index in [1.54, 1.807) is 30.3 Å². The highest BCUT2D eigenvalue weighted by atomic mass is 16.5. The van der Waals surface area contributed by atoms with Gasteiger partial charge in [-0.05, 0) is 42.8 Å². The van der Waals surface area contributed by atoms with Crippen LogP contribution in [0.2, 0.25) is 0 Å². The first-order chi connectivity index (χ1) is 12.5. The number of nitriles is 1. The van der Waals surface area contributed by atoms with Gasteiger partial charge in [-0.3, -0.25) is 9.59 Å². The van der Waals surface area contributed by atoms with Crippen molar-refractivity contribution in [2.75, 3.05) is 11.9 Å². The summed E-state index contributed by atoms with van der Waals surface area (Å²) in [5.74, 6) is -0.491. The van der Waals surface area contributed by atoms with Crippen LogP contribution in [0.5, 0.6) is 5.75 Å². The molecule has 2 amide bonds. The van der Waals surface area contributed by atoms with Gasteiger partial charge in [-0.1, -0.05) is 25.1 Å². The molecule has 0 fully saturated rings. The molecule has 6 nitrogen and oxygen atoms in total. The summed E-state index contributed by atoms with van der Waals surface area (Å²) in [6.45, 7) is 2.54. The van der Waals surface area contributed by atoms with E-state index >= 15 is 0 Å². The van der Waals surface area contributed by atoms with Gasteiger partial charge in [0.05, 0.1) is 6.61 Å².